The van der Waals surface area contributed by atoms with E-state index in [2.05, 4.69) is 0 Å². The highest BCUT2D eigenvalue weighted by molar-refractivity contribution is 6.13. The van der Waals surface area contributed by atoms with Crippen LogP contribution in [0.4, 0.5) is 11.4 Å². The van der Waals surface area contributed by atoms with Gasteiger partial charge < -0.3 is 33.5 Å². The molecule has 7 rings (SSSR count). The Kier molecular flexibility index (Phi) is 8.03. The van der Waals surface area contributed by atoms with Crippen LogP contribution in [-0.4, -0.2) is 69.2 Å². The molecule has 12 heteroatoms. The number of carbonyl (C=O) groups is 5. The first-order valence-corrected chi connectivity index (χ1v) is 16.4. The van der Waals surface area contributed by atoms with E-state index in [4.69, 9.17) is 23.7 Å². The third-order valence-corrected chi connectivity index (χ3v) is 9.87. The lowest BCUT2D eigenvalue weighted by atomic mass is 9.69. The van der Waals surface area contributed by atoms with Crippen LogP contribution >= 0.6 is 0 Å². The number of hydrogen-bond acceptors (Lipinski definition) is 10. The first-order chi connectivity index (χ1) is 23.6. The highest BCUT2D eigenvalue weighted by Crippen LogP contribution is 2.59. The Morgan fingerprint density at radius 1 is 0.735 bits per heavy atom. The zero-order valence-electron chi connectivity index (χ0n) is 27.6. The van der Waals surface area contributed by atoms with Crippen molar-refractivity contribution in [1.82, 2.24) is 0 Å². The average Bonchev–Trinajstić information content (AvgIpc) is 3.72. The van der Waals surface area contributed by atoms with E-state index in [1.807, 2.05) is 38.1 Å². The van der Waals surface area contributed by atoms with Gasteiger partial charge in [0, 0.05) is 55.6 Å². The fraction of sp³-hybridized carbons (Fsp3) is 0.378. The van der Waals surface area contributed by atoms with Gasteiger partial charge in [-0.05, 0) is 50.6 Å². The van der Waals surface area contributed by atoms with Gasteiger partial charge in [-0.3, -0.25) is 24.0 Å². The van der Waals surface area contributed by atoms with Gasteiger partial charge in [0.2, 0.25) is 11.5 Å². The fourth-order valence-electron chi connectivity index (χ4n) is 7.83. The van der Waals surface area contributed by atoms with Crippen LogP contribution in [0.3, 0.4) is 0 Å². The zero-order valence-corrected chi connectivity index (χ0v) is 27.6. The summed E-state index contributed by atoms with van der Waals surface area (Å²) in [5, 5.41) is 0. The second-order valence-corrected chi connectivity index (χ2v) is 12.5. The molecule has 3 aromatic carbocycles. The fourth-order valence-corrected chi connectivity index (χ4v) is 7.83. The molecule has 0 radical (unpaired) electrons. The van der Waals surface area contributed by atoms with Crippen molar-refractivity contribution in [3.63, 3.8) is 0 Å². The standard InChI is InChI=1S/C37H36N2O10/c1-5-45-17-15-38-26-13-9-7-11-24(26)36(4,34(38)43)30-22-19-29-23(20-28(22)47-32(30)41)31(33(42)48-29)37(49-21(3)40)25-12-8-10-14-27(25)39(35(37)44)16-18-46-6-2/h7-14,19-20,30-31H,5-6,15-18H2,1-4H3. The molecule has 0 aliphatic carbocycles. The van der Waals surface area contributed by atoms with E-state index >= 15 is 0 Å². The number of esters is 3. The number of nitrogens with zero attached hydrogens (tertiary/aromatic N) is 2. The summed E-state index contributed by atoms with van der Waals surface area (Å²) in [6.45, 7) is 8.52. The Hall–Kier alpha value is -5.07. The summed E-state index contributed by atoms with van der Waals surface area (Å²) in [5.41, 5.74) is -0.715. The molecule has 4 aliphatic heterocycles. The molecule has 12 nitrogen and oxygen atoms in total. The van der Waals surface area contributed by atoms with E-state index < -0.39 is 46.7 Å². The molecule has 4 aliphatic rings. The second-order valence-electron chi connectivity index (χ2n) is 12.5. The van der Waals surface area contributed by atoms with Crippen molar-refractivity contribution in [2.45, 2.75) is 50.5 Å². The first kappa shape index (κ1) is 32.5. The third-order valence-electron chi connectivity index (χ3n) is 9.87. The Bertz CT molecular complexity index is 1910. The van der Waals surface area contributed by atoms with Gasteiger partial charge in [0.25, 0.3) is 5.91 Å². The molecule has 0 saturated heterocycles. The monoisotopic (exact) mass is 668 g/mol. The molecule has 2 amide bonds. The minimum absolute atomic E-state index is 0.0807. The van der Waals surface area contributed by atoms with E-state index in [-0.39, 0.29) is 36.1 Å². The molecule has 0 N–H and O–H groups in total. The Labute approximate surface area is 282 Å². The second kappa shape index (κ2) is 12.1. The summed E-state index contributed by atoms with van der Waals surface area (Å²) >= 11 is 0. The molecule has 4 heterocycles. The van der Waals surface area contributed by atoms with Gasteiger partial charge in [-0.1, -0.05) is 36.4 Å². The van der Waals surface area contributed by atoms with Gasteiger partial charge in [0.05, 0.1) is 24.3 Å². The van der Waals surface area contributed by atoms with Gasteiger partial charge in [0.15, 0.2) is 0 Å². The van der Waals surface area contributed by atoms with Gasteiger partial charge in [-0.15, -0.1) is 0 Å². The number of amides is 2. The molecule has 0 spiro atoms. The third kappa shape index (κ3) is 4.68. The number of hydrogen-bond donors (Lipinski definition) is 0. The van der Waals surface area contributed by atoms with Crippen LogP contribution in [0.15, 0.2) is 60.7 Å². The number of benzene rings is 3. The normalized spacial score (nSPS) is 24.8. The van der Waals surface area contributed by atoms with Gasteiger partial charge >= 0.3 is 17.9 Å². The smallest absolute Gasteiger partial charge is 0.324 e. The van der Waals surface area contributed by atoms with Crippen molar-refractivity contribution >= 4 is 41.1 Å². The molecule has 49 heavy (non-hydrogen) atoms. The van der Waals surface area contributed by atoms with Crippen LogP contribution in [0.5, 0.6) is 11.5 Å². The summed E-state index contributed by atoms with van der Waals surface area (Å²) in [6.07, 6.45) is 0. The molecule has 0 fully saturated rings. The van der Waals surface area contributed by atoms with Crippen molar-refractivity contribution in [3.8, 4) is 11.5 Å². The van der Waals surface area contributed by atoms with Crippen molar-refractivity contribution in [2.24, 2.45) is 0 Å². The van der Waals surface area contributed by atoms with Crippen molar-refractivity contribution in [3.05, 3.63) is 82.9 Å². The molecule has 0 aromatic heterocycles. The molecule has 0 bridgehead atoms. The average molecular weight is 669 g/mol. The lowest BCUT2D eigenvalue weighted by Crippen LogP contribution is -2.50. The minimum atomic E-state index is -2.10. The van der Waals surface area contributed by atoms with E-state index in [9.17, 15) is 24.0 Å². The molecular formula is C37H36N2O10. The Morgan fingerprint density at radius 3 is 1.80 bits per heavy atom. The molecule has 4 unspecified atom stereocenters. The quantitative estimate of drug-likeness (QED) is 0.168. The van der Waals surface area contributed by atoms with Crippen LogP contribution in [0.1, 0.15) is 61.8 Å². The van der Waals surface area contributed by atoms with Crippen LogP contribution in [0.25, 0.3) is 0 Å². The molecule has 254 valence electrons. The van der Waals surface area contributed by atoms with Crippen LogP contribution in [0, 0.1) is 0 Å². The van der Waals surface area contributed by atoms with Crippen LogP contribution < -0.4 is 19.3 Å². The summed E-state index contributed by atoms with van der Waals surface area (Å²) in [4.78, 5) is 72.2. The number of fused-ring (bicyclic) bond motifs is 4. The van der Waals surface area contributed by atoms with Crippen molar-refractivity contribution in [1.29, 1.82) is 0 Å². The Morgan fingerprint density at radius 2 is 1.22 bits per heavy atom. The molecule has 4 atom stereocenters. The van der Waals surface area contributed by atoms with E-state index in [0.29, 0.717) is 54.4 Å². The van der Waals surface area contributed by atoms with Gasteiger partial charge in [-0.25, -0.2) is 0 Å². The van der Waals surface area contributed by atoms with Crippen LogP contribution in [0.2, 0.25) is 0 Å². The van der Waals surface area contributed by atoms with E-state index in [0.717, 1.165) is 0 Å². The van der Waals surface area contributed by atoms with Crippen LogP contribution in [-0.2, 0) is 49.2 Å². The molecule has 3 aromatic rings. The van der Waals surface area contributed by atoms with Gasteiger partial charge in [0.1, 0.15) is 23.3 Å². The number of anilines is 2. The van der Waals surface area contributed by atoms with E-state index in [1.54, 1.807) is 36.1 Å². The lowest BCUT2D eigenvalue weighted by Gasteiger charge is -2.32. The highest BCUT2D eigenvalue weighted by Gasteiger charge is 2.65. The summed E-state index contributed by atoms with van der Waals surface area (Å²) in [7, 11) is 0. The molecular weight excluding hydrogens is 632 g/mol. The predicted octanol–water partition coefficient (Wildman–Crippen LogP) is 3.87. The maximum absolute atomic E-state index is 14.4. The zero-order chi connectivity index (χ0) is 34.7. The largest absolute Gasteiger partial charge is 0.443 e. The maximum atomic E-state index is 14.4. The molecule has 0 saturated carbocycles. The maximum Gasteiger partial charge on any atom is 0.324 e. The number of ether oxygens (including phenoxy) is 5. The Balaban J connectivity index is 1.33. The highest BCUT2D eigenvalue weighted by atomic mass is 16.6. The minimum Gasteiger partial charge on any atom is -0.443 e. The van der Waals surface area contributed by atoms with Crippen molar-refractivity contribution in [2.75, 3.05) is 49.3 Å². The summed E-state index contributed by atoms with van der Waals surface area (Å²) in [6, 6.07) is 17.1. The lowest BCUT2D eigenvalue weighted by molar-refractivity contribution is -0.172. The summed E-state index contributed by atoms with van der Waals surface area (Å²) < 4.78 is 28.6. The number of rotatable bonds is 11. The topological polar surface area (TPSA) is 138 Å². The first-order valence-electron chi connectivity index (χ1n) is 16.4. The van der Waals surface area contributed by atoms with Crippen molar-refractivity contribution < 1.29 is 47.7 Å². The predicted molar refractivity (Wildman–Crippen MR) is 175 cm³/mol. The number of para-hydroxylation sites is 2. The SMILES string of the molecule is CCOCCN1C(=O)C(C)(C2C(=O)Oc3cc4c(cc32)OC(=O)C4C2(OC(C)=O)C(=O)N(CCOCC)c3ccccc32)c2ccccc21. The van der Waals surface area contributed by atoms with Gasteiger partial charge in [-0.2, -0.15) is 0 Å². The van der Waals surface area contributed by atoms with E-state index in [1.165, 1.54) is 24.0 Å². The summed E-state index contributed by atoms with van der Waals surface area (Å²) in [5.74, 6) is -5.41. The number of carbonyl (C=O) groups excluding carboxylic acids is 5.